The molecule has 7 heteroatoms. The highest BCUT2D eigenvalue weighted by Gasteiger charge is 2.15. The SMILES string of the molecule is NC(=O)c1ccc(-c2ccc3c(ccn3C(=O)CCc3ccccc3)c2)n2n[c]nc12. The zero-order chi connectivity index (χ0) is 21.4. The minimum absolute atomic E-state index is 0.0469. The Morgan fingerprint density at radius 1 is 1.00 bits per heavy atom. The first kappa shape index (κ1) is 18.7. The molecule has 0 spiro atoms. The molecule has 5 aromatic rings. The summed E-state index contributed by atoms with van der Waals surface area (Å²) in [5.41, 5.74) is 9.68. The summed E-state index contributed by atoms with van der Waals surface area (Å²) in [5.74, 6) is -0.523. The van der Waals surface area contributed by atoms with Gasteiger partial charge in [0.25, 0.3) is 5.91 Å². The van der Waals surface area contributed by atoms with Crippen molar-refractivity contribution in [1.29, 1.82) is 0 Å². The predicted octanol–water partition coefficient (Wildman–Crippen LogP) is 3.52. The number of amides is 1. The van der Waals surface area contributed by atoms with Crippen LogP contribution >= 0.6 is 0 Å². The molecule has 0 aliphatic rings. The lowest BCUT2D eigenvalue weighted by molar-refractivity contribution is 0.0907. The lowest BCUT2D eigenvalue weighted by Gasteiger charge is -2.08. The van der Waals surface area contributed by atoms with Crippen LogP contribution in [0.3, 0.4) is 0 Å². The highest BCUT2D eigenvalue weighted by Crippen LogP contribution is 2.26. The Bertz CT molecular complexity index is 1430. The lowest BCUT2D eigenvalue weighted by Crippen LogP contribution is -2.13. The van der Waals surface area contributed by atoms with Gasteiger partial charge in [0.05, 0.1) is 16.8 Å². The van der Waals surface area contributed by atoms with Crippen molar-refractivity contribution in [2.24, 2.45) is 5.73 Å². The Morgan fingerprint density at radius 3 is 2.65 bits per heavy atom. The van der Waals surface area contributed by atoms with Gasteiger partial charge in [-0.05, 0) is 42.3 Å². The third-order valence-electron chi connectivity index (χ3n) is 5.37. The quantitative estimate of drug-likeness (QED) is 0.481. The summed E-state index contributed by atoms with van der Waals surface area (Å²) >= 11 is 0. The number of nitrogens with zero attached hydrogens (tertiary/aromatic N) is 4. The van der Waals surface area contributed by atoms with E-state index in [2.05, 4.69) is 16.4 Å². The molecule has 0 atom stereocenters. The van der Waals surface area contributed by atoms with E-state index in [9.17, 15) is 9.59 Å². The number of aryl methyl sites for hydroxylation is 1. The largest absolute Gasteiger partial charge is 0.365 e. The zero-order valence-corrected chi connectivity index (χ0v) is 16.5. The first-order valence-corrected chi connectivity index (χ1v) is 9.86. The van der Waals surface area contributed by atoms with Crippen molar-refractivity contribution in [1.82, 2.24) is 19.2 Å². The molecule has 1 radical (unpaired) electrons. The number of pyridine rings is 1. The molecule has 0 fully saturated rings. The Balaban J connectivity index is 1.47. The zero-order valence-electron chi connectivity index (χ0n) is 16.5. The maximum absolute atomic E-state index is 12.8. The Hall–Kier alpha value is -4.26. The van der Waals surface area contributed by atoms with Crippen LogP contribution in [0.2, 0.25) is 0 Å². The molecular formula is C24H18N5O2. The lowest BCUT2D eigenvalue weighted by atomic mass is 10.1. The van der Waals surface area contributed by atoms with Gasteiger partial charge in [0, 0.05) is 23.6 Å². The standard InChI is InChI=1S/C24H18N5O2/c25-23(31)19-8-10-21(29-24(19)26-15-27-29)17-7-9-20-18(14-17)12-13-28(20)22(30)11-6-16-4-2-1-3-5-16/h1-5,7-10,12-14H,6,11H2,(H2,25,31). The van der Waals surface area contributed by atoms with Crippen LogP contribution in [0.15, 0.2) is 72.9 Å². The van der Waals surface area contributed by atoms with E-state index in [1.165, 1.54) is 0 Å². The predicted molar refractivity (Wildman–Crippen MR) is 117 cm³/mol. The number of benzene rings is 2. The highest BCUT2D eigenvalue weighted by atomic mass is 16.2. The normalized spacial score (nSPS) is 11.2. The summed E-state index contributed by atoms with van der Waals surface area (Å²) in [5, 5.41) is 5.05. The summed E-state index contributed by atoms with van der Waals surface area (Å²) in [4.78, 5) is 28.5. The molecule has 1 amide bonds. The maximum Gasteiger partial charge on any atom is 0.252 e. The van der Waals surface area contributed by atoms with Crippen LogP contribution in [-0.4, -0.2) is 31.0 Å². The highest BCUT2D eigenvalue weighted by molar-refractivity contribution is 5.99. The number of nitrogens with two attached hydrogens (primary N) is 1. The fourth-order valence-corrected chi connectivity index (χ4v) is 3.81. The van der Waals surface area contributed by atoms with E-state index < -0.39 is 5.91 Å². The van der Waals surface area contributed by atoms with Gasteiger partial charge in [-0.2, -0.15) is 0 Å². The fourth-order valence-electron chi connectivity index (χ4n) is 3.81. The van der Waals surface area contributed by atoms with E-state index in [4.69, 9.17) is 5.73 Å². The van der Waals surface area contributed by atoms with Gasteiger partial charge in [-0.3, -0.25) is 14.2 Å². The van der Waals surface area contributed by atoms with Crippen LogP contribution < -0.4 is 5.73 Å². The van der Waals surface area contributed by atoms with Crippen LogP contribution in [0.25, 0.3) is 27.8 Å². The number of carbonyl (C=O) groups excluding carboxylic acids is 2. The number of primary amides is 1. The number of carbonyl (C=O) groups is 2. The van der Waals surface area contributed by atoms with Gasteiger partial charge >= 0.3 is 0 Å². The molecule has 3 heterocycles. The molecule has 7 nitrogen and oxygen atoms in total. The number of hydrogen-bond acceptors (Lipinski definition) is 4. The van der Waals surface area contributed by atoms with Gasteiger partial charge in [-0.25, -0.2) is 9.50 Å². The van der Waals surface area contributed by atoms with E-state index in [0.29, 0.717) is 18.5 Å². The van der Waals surface area contributed by atoms with E-state index in [1.54, 1.807) is 27.4 Å². The molecule has 0 saturated carbocycles. The van der Waals surface area contributed by atoms with Crippen molar-refractivity contribution in [2.75, 3.05) is 0 Å². The van der Waals surface area contributed by atoms with Crippen molar-refractivity contribution in [2.45, 2.75) is 12.8 Å². The molecule has 0 aliphatic carbocycles. The van der Waals surface area contributed by atoms with Crippen LogP contribution in [0.1, 0.15) is 27.1 Å². The van der Waals surface area contributed by atoms with Crippen LogP contribution in [-0.2, 0) is 6.42 Å². The van der Waals surface area contributed by atoms with E-state index >= 15 is 0 Å². The first-order chi connectivity index (χ1) is 15.1. The average molecular weight is 408 g/mol. The Kier molecular flexibility index (Phi) is 4.55. The minimum atomic E-state index is -0.570. The summed E-state index contributed by atoms with van der Waals surface area (Å²) < 4.78 is 3.24. The second kappa shape index (κ2) is 7.53. The van der Waals surface area contributed by atoms with E-state index in [-0.39, 0.29) is 11.5 Å². The number of aromatic nitrogens is 4. The smallest absolute Gasteiger partial charge is 0.252 e. The molecule has 3 aromatic heterocycles. The molecule has 31 heavy (non-hydrogen) atoms. The molecule has 0 saturated heterocycles. The van der Waals surface area contributed by atoms with E-state index in [0.717, 1.165) is 27.7 Å². The Morgan fingerprint density at radius 2 is 1.84 bits per heavy atom. The molecule has 0 bridgehead atoms. The van der Waals surface area contributed by atoms with Gasteiger partial charge in [0.15, 0.2) is 5.65 Å². The van der Waals surface area contributed by atoms with Crippen molar-refractivity contribution in [3.05, 3.63) is 90.4 Å². The third kappa shape index (κ3) is 3.36. The van der Waals surface area contributed by atoms with Crippen LogP contribution in [0.4, 0.5) is 0 Å². The summed E-state index contributed by atoms with van der Waals surface area (Å²) in [6, 6.07) is 21.1. The molecular weight excluding hydrogens is 390 g/mol. The summed E-state index contributed by atoms with van der Waals surface area (Å²) in [6.07, 6.45) is 5.46. The van der Waals surface area contributed by atoms with Crippen molar-refractivity contribution < 1.29 is 9.59 Å². The van der Waals surface area contributed by atoms with Crippen LogP contribution in [0.5, 0.6) is 0 Å². The summed E-state index contributed by atoms with van der Waals surface area (Å²) in [7, 11) is 0. The number of fused-ring (bicyclic) bond motifs is 2. The molecule has 5 rings (SSSR count). The van der Waals surface area contributed by atoms with Crippen molar-refractivity contribution >= 4 is 28.4 Å². The summed E-state index contributed by atoms with van der Waals surface area (Å²) in [6.45, 7) is 0. The third-order valence-corrected chi connectivity index (χ3v) is 5.37. The Labute approximate surface area is 177 Å². The molecule has 0 unspecified atom stereocenters. The topological polar surface area (TPSA) is 95.3 Å². The van der Waals surface area contributed by atoms with Crippen molar-refractivity contribution in [3.8, 4) is 11.3 Å². The van der Waals surface area contributed by atoms with Gasteiger partial charge in [0.2, 0.25) is 12.2 Å². The first-order valence-electron chi connectivity index (χ1n) is 9.86. The maximum atomic E-state index is 12.8. The molecule has 0 aliphatic heterocycles. The monoisotopic (exact) mass is 408 g/mol. The van der Waals surface area contributed by atoms with Gasteiger partial charge in [0.1, 0.15) is 0 Å². The fraction of sp³-hybridized carbons (Fsp3) is 0.0833. The van der Waals surface area contributed by atoms with Crippen molar-refractivity contribution in [3.63, 3.8) is 0 Å². The average Bonchev–Trinajstić information content (AvgIpc) is 3.44. The van der Waals surface area contributed by atoms with E-state index in [1.807, 2.05) is 54.6 Å². The van der Waals surface area contributed by atoms with Gasteiger partial charge < -0.3 is 5.73 Å². The van der Waals surface area contributed by atoms with Gasteiger partial charge in [-0.1, -0.05) is 36.4 Å². The second-order valence-corrected chi connectivity index (χ2v) is 7.28. The molecule has 151 valence electrons. The number of rotatable bonds is 5. The molecule has 2 aromatic carbocycles. The van der Waals surface area contributed by atoms with Gasteiger partial charge in [-0.15, -0.1) is 5.10 Å². The minimum Gasteiger partial charge on any atom is -0.365 e. The molecule has 2 N–H and O–H groups in total. The van der Waals surface area contributed by atoms with Crippen LogP contribution in [0, 0.1) is 6.33 Å². The number of hydrogen-bond donors (Lipinski definition) is 1. The second-order valence-electron chi connectivity index (χ2n) is 7.28.